The summed E-state index contributed by atoms with van der Waals surface area (Å²) in [4.78, 5) is 8.20. The number of rotatable bonds is 2. The van der Waals surface area contributed by atoms with E-state index in [1.807, 2.05) is 0 Å². The van der Waals surface area contributed by atoms with Crippen molar-refractivity contribution in [3.63, 3.8) is 0 Å². The van der Waals surface area contributed by atoms with Crippen LogP contribution in [-0.4, -0.2) is 9.97 Å². The minimum atomic E-state index is -4.94. The van der Waals surface area contributed by atoms with E-state index in [4.69, 9.17) is 4.74 Å². The molecule has 3 aromatic rings. The zero-order valence-electron chi connectivity index (χ0n) is 11.4. The maximum Gasteiger partial charge on any atom is 0.416 e. The van der Waals surface area contributed by atoms with Crippen LogP contribution in [0.5, 0.6) is 11.6 Å². The second-order valence-corrected chi connectivity index (χ2v) is 5.56. The fourth-order valence-corrected chi connectivity index (χ4v) is 2.67. The van der Waals surface area contributed by atoms with E-state index in [0.29, 0.717) is 22.3 Å². The van der Waals surface area contributed by atoms with Crippen molar-refractivity contribution in [1.29, 1.82) is 0 Å². The van der Waals surface area contributed by atoms with Crippen molar-refractivity contribution in [2.45, 2.75) is 12.4 Å². The molecule has 3 nitrogen and oxygen atoms in total. The predicted octanol–water partition coefficient (Wildman–Crippen LogP) is 5.52. The molecule has 2 aromatic heterocycles. The van der Waals surface area contributed by atoms with E-state index < -0.39 is 29.2 Å². The molecular formula is C14H6F6N2OS. The van der Waals surface area contributed by atoms with Crippen LogP contribution in [0.3, 0.4) is 0 Å². The average Bonchev–Trinajstić information content (AvgIpc) is 2.94. The second kappa shape index (κ2) is 5.62. The van der Waals surface area contributed by atoms with Crippen molar-refractivity contribution in [2.24, 2.45) is 0 Å². The molecule has 10 heteroatoms. The molecule has 0 saturated carbocycles. The third-order valence-corrected chi connectivity index (χ3v) is 3.82. The van der Waals surface area contributed by atoms with Crippen molar-refractivity contribution >= 4 is 21.6 Å². The lowest BCUT2D eigenvalue weighted by molar-refractivity contribution is -0.143. The van der Waals surface area contributed by atoms with Crippen LogP contribution >= 0.6 is 11.3 Å². The van der Waals surface area contributed by atoms with Gasteiger partial charge >= 0.3 is 12.4 Å². The van der Waals surface area contributed by atoms with Gasteiger partial charge in [0.05, 0.1) is 16.5 Å². The number of alkyl halides is 6. The van der Waals surface area contributed by atoms with Gasteiger partial charge in [-0.2, -0.15) is 26.3 Å². The highest BCUT2D eigenvalue weighted by atomic mass is 32.1. The fourth-order valence-electron chi connectivity index (χ4n) is 1.95. The van der Waals surface area contributed by atoms with Gasteiger partial charge in [-0.1, -0.05) is 0 Å². The van der Waals surface area contributed by atoms with Gasteiger partial charge in [-0.05, 0) is 29.6 Å². The minimum Gasteiger partial charge on any atom is -0.438 e. The first-order valence-electron chi connectivity index (χ1n) is 6.30. The molecule has 0 aliphatic heterocycles. The molecule has 0 aliphatic carbocycles. The molecule has 0 fully saturated rings. The van der Waals surface area contributed by atoms with Gasteiger partial charge in [0.25, 0.3) is 0 Å². The molecule has 0 spiro atoms. The first-order chi connectivity index (χ1) is 11.1. The summed E-state index contributed by atoms with van der Waals surface area (Å²) < 4.78 is 82.2. The second-order valence-electron chi connectivity index (χ2n) is 4.66. The Balaban J connectivity index is 2.08. The quantitative estimate of drug-likeness (QED) is 0.562. The Labute approximate surface area is 134 Å². The van der Waals surface area contributed by atoms with E-state index >= 15 is 0 Å². The van der Waals surface area contributed by atoms with Crippen LogP contribution in [0, 0.1) is 0 Å². The highest BCUT2D eigenvalue weighted by molar-refractivity contribution is 7.16. The molecule has 1 aromatic carbocycles. The molecule has 0 amide bonds. The summed E-state index contributed by atoms with van der Waals surface area (Å²) >= 11 is 1.24. The molecule has 0 aliphatic rings. The normalized spacial score (nSPS) is 12.6. The van der Waals surface area contributed by atoms with Gasteiger partial charge in [0.2, 0.25) is 5.88 Å². The molecule has 126 valence electrons. The zero-order chi connectivity index (χ0) is 17.5. The summed E-state index contributed by atoms with van der Waals surface area (Å²) in [7, 11) is 0. The molecule has 0 bridgehead atoms. The number of hydrogen-bond acceptors (Lipinski definition) is 4. The highest BCUT2D eigenvalue weighted by Gasteiger charge is 2.37. The molecular weight excluding hydrogens is 358 g/mol. The Bertz CT molecular complexity index is 855. The van der Waals surface area contributed by atoms with Crippen molar-refractivity contribution in [3.05, 3.63) is 47.1 Å². The van der Waals surface area contributed by atoms with E-state index in [1.165, 1.54) is 11.3 Å². The van der Waals surface area contributed by atoms with Crippen LogP contribution in [0.25, 0.3) is 10.2 Å². The van der Waals surface area contributed by atoms with Crippen molar-refractivity contribution < 1.29 is 31.1 Å². The summed E-state index contributed by atoms with van der Waals surface area (Å²) in [6.45, 7) is 0. The lowest BCUT2D eigenvalue weighted by Crippen LogP contribution is -2.11. The van der Waals surface area contributed by atoms with Crippen molar-refractivity contribution in [3.8, 4) is 11.6 Å². The fraction of sp³-hybridized carbons (Fsp3) is 0.143. The van der Waals surface area contributed by atoms with E-state index in [1.54, 1.807) is 11.4 Å². The van der Waals surface area contributed by atoms with Crippen LogP contribution in [0.2, 0.25) is 0 Å². The third kappa shape index (κ3) is 3.28. The molecule has 0 radical (unpaired) electrons. The summed E-state index contributed by atoms with van der Waals surface area (Å²) in [5, 5.41) is 2.05. The average molecular weight is 364 g/mol. The van der Waals surface area contributed by atoms with Gasteiger partial charge in [-0.15, -0.1) is 11.3 Å². The number of fused-ring (bicyclic) bond motifs is 1. The lowest BCUT2D eigenvalue weighted by Gasteiger charge is -2.14. The van der Waals surface area contributed by atoms with E-state index in [0.717, 1.165) is 6.33 Å². The number of benzene rings is 1. The summed E-state index contributed by atoms with van der Waals surface area (Å²) in [6, 6.07) is 2.59. The third-order valence-electron chi connectivity index (χ3n) is 3.00. The number of thiophene rings is 1. The molecule has 2 heterocycles. The molecule has 3 rings (SSSR count). The largest absolute Gasteiger partial charge is 0.438 e. The number of hydrogen-bond donors (Lipinski definition) is 0. The topological polar surface area (TPSA) is 35.0 Å². The van der Waals surface area contributed by atoms with E-state index in [9.17, 15) is 26.3 Å². The maximum absolute atomic E-state index is 12.8. The van der Waals surface area contributed by atoms with Gasteiger partial charge in [0, 0.05) is 0 Å². The summed E-state index contributed by atoms with van der Waals surface area (Å²) in [5.74, 6) is -0.725. The smallest absolute Gasteiger partial charge is 0.416 e. The first kappa shape index (κ1) is 16.5. The summed E-state index contributed by atoms with van der Waals surface area (Å²) in [6.07, 6.45) is -8.77. The summed E-state index contributed by atoms with van der Waals surface area (Å²) in [5.41, 5.74) is -2.91. The van der Waals surface area contributed by atoms with Crippen LogP contribution < -0.4 is 4.74 Å². The van der Waals surface area contributed by atoms with Gasteiger partial charge in [-0.25, -0.2) is 9.97 Å². The van der Waals surface area contributed by atoms with Crippen LogP contribution in [0.15, 0.2) is 36.0 Å². The maximum atomic E-state index is 12.8. The molecule has 0 atom stereocenters. The Hall–Kier alpha value is -2.36. The standard InChI is InChI=1S/C14H6F6N2OS/c15-13(16,17)7-3-8(14(18,19)20)5-9(4-7)23-11-10-1-2-24-12(10)22-6-21-11/h1-6H. The Kier molecular flexibility index (Phi) is 3.86. The Morgan fingerprint density at radius 3 is 2.08 bits per heavy atom. The van der Waals surface area contributed by atoms with Crippen LogP contribution in [0.4, 0.5) is 26.3 Å². The van der Waals surface area contributed by atoms with Gasteiger partial charge in [0.15, 0.2) is 0 Å². The minimum absolute atomic E-state index is 0.0347. The molecule has 0 unspecified atom stereocenters. The Morgan fingerprint density at radius 2 is 1.50 bits per heavy atom. The van der Waals surface area contributed by atoms with E-state index in [2.05, 4.69) is 9.97 Å². The van der Waals surface area contributed by atoms with Gasteiger partial charge in [-0.3, -0.25) is 0 Å². The zero-order valence-corrected chi connectivity index (χ0v) is 12.3. The Morgan fingerprint density at radius 1 is 0.875 bits per heavy atom. The monoisotopic (exact) mass is 364 g/mol. The predicted molar refractivity (Wildman–Crippen MR) is 73.9 cm³/mol. The number of aromatic nitrogens is 2. The van der Waals surface area contributed by atoms with Crippen LogP contribution in [0.1, 0.15) is 11.1 Å². The first-order valence-corrected chi connectivity index (χ1v) is 7.18. The number of nitrogens with zero attached hydrogens (tertiary/aromatic N) is 2. The van der Waals surface area contributed by atoms with Crippen molar-refractivity contribution in [1.82, 2.24) is 9.97 Å². The van der Waals surface area contributed by atoms with Gasteiger partial charge in [0.1, 0.15) is 16.9 Å². The molecule has 0 N–H and O–H groups in total. The molecule has 0 saturated heterocycles. The molecule has 24 heavy (non-hydrogen) atoms. The number of ether oxygens (including phenoxy) is 1. The lowest BCUT2D eigenvalue weighted by atomic mass is 10.1. The van der Waals surface area contributed by atoms with Crippen molar-refractivity contribution in [2.75, 3.05) is 0 Å². The van der Waals surface area contributed by atoms with Crippen LogP contribution in [-0.2, 0) is 12.4 Å². The number of halogens is 6. The highest BCUT2D eigenvalue weighted by Crippen LogP contribution is 2.39. The van der Waals surface area contributed by atoms with E-state index in [-0.39, 0.29) is 11.9 Å². The van der Waals surface area contributed by atoms with Gasteiger partial charge < -0.3 is 4.74 Å². The SMILES string of the molecule is FC(F)(F)c1cc(Oc2ncnc3sccc23)cc(C(F)(F)F)c1.